The summed E-state index contributed by atoms with van der Waals surface area (Å²) in [7, 11) is 0. The van der Waals surface area contributed by atoms with Gasteiger partial charge in [-0.1, -0.05) is 26.2 Å². The fourth-order valence-corrected chi connectivity index (χ4v) is 3.54. The number of nitrogens with two attached hydrogens (primary N) is 1. The first-order valence-corrected chi connectivity index (χ1v) is 7.21. The van der Waals surface area contributed by atoms with E-state index in [2.05, 4.69) is 12.2 Å². The summed E-state index contributed by atoms with van der Waals surface area (Å²) in [6, 6.07) is 0.422. The number of hydrogen-bond acceptors (Lipinski definition) is 2. The first kappa shape index (κ1) is 12.9. The third kappa shape index (κ3) is 3.21. The van der Waals surface area contributed by atoms with Gasteiger partial charge >= 0.3 is 0 Å². The zero-order valence-electron chi connectivity index (χ0n) is 11.0. The molecule has 0 aromatic carbocycles. The van der Waals surface area contributed by atoms with Gasteiger partial charge in [-0.25, -0.2) is 0 Å². The molecule has 0 aromatic heterocycles. The smallest absolute Gasteiger partial charge is 0.223 e. The van der Waals surface area contributed by atoms with Crippen LogP contribution in [0.3, 0.4) is 0 Å². The van der Waals surface area contributed by atoms with Crippen molar-refractivity contribution in [3.63, 3.8) is 0 Å². The van der Waals surface area contributed by atoms with Crippen molar-refractivity contribution in [2.75, 3.05) is 6.54 Å². The highest BCUT2D eigenvalue weighted by atomic mass is 16.2. The van der Waals surface area contributed by atoms with Gasteiger partial charge in [0.15, 0.2) is 0 Å². The minimum Gasteiger partial charge on any atom is -0.353 e. The summed E-state index contributed by atoms with van der Waals surface area (Å²) < 4.78 is 0. The van der Waals surface area contributed by atoms with Gasteiger partial charge in [-0.15, -0.1) is 0 Å². The van der Waals surface area contributed by atoms with E-state index in [-0.39, 0.29) is 11.8 Å². The minimum atomic E-state index is 0.192. The van der Waals surface area contributed by atoms with Gasteiger partial charge in [0.25, 0.3) is 0 Å². The maximum absolute atomic E-state index is 12.2. The van der Waals surface area contributed by atoms with E-state index in [0.29, 0.717) is 18.5 Å². The number of rotatable bonds is 3. The van der Waals surface area contributed by atoms with Gasteiger partial charge in [0.2, 0.25) is 5.91 Å². The molecule has 4 atom stereocenters. The number of nitrogens with one attached hydrogen (secondary N) is 1. The van der Waals surface area contributed by atoms with Crippen molar-refractivity contribution in [1.29, 1.82) is 0 Å². The quantitative estimate of drug-likeness (QED) is 0.790. The van der Waals surface area contributed by atoms with E-state index in [1.54, 1.807) is 0 Å². The number of amides is 1. The predicted molar refractivity (Wildman–Crippen MR) is 69.4 cm³/mol. The maximum Gasteiger partial charge on any atom is 0.223 e. The Kier molecular flexibility index (Phi) is 4.43. The van der Waals surface area contributed by atoms with Gasteiger partial charge in [-0.3, -0.25) is 4.79 Å². The average molecular weight is 238 g/mol. The van der Waals surface area contributed by atoms with Gasteiger partial charge in [-0.2, -0.15) is 0 Å². The third-order valence-electron chi connectivity index (χ3n) is 4.58. The van der Waals surface area contributed by atoms with E-state index >= 15 is 0 Å². The van der Waals surface area contributed by atoms with Crippen LogP contribution < -0.4 is 11.1 Å². The molecule has 0 aromatic rings. The molecule has 98 valence electrons. The second-order valence-corrected chi connectivity index (χ2v) is 6.01. The van der Waals surface area contributed by atoms with E-state index in [1.807, 2.05) is 0 Å². The number of carbonyl (C=O) groups is 1. The molecule has 2 aliphatic carbocycles. The lowest BCUT2D eigenvalue weighted by atomic mass is 9.86. The van der Waals surface area contributed by atoms with E-state index in [9.17, 15) is 4.79 Å². The standard InChI is InChI=1S/C14H26N2O/c1-10-4-2-6-12(8-10)16-14(17)13-7-3-5-11(13)9-15/h10-13H,2-9,15H2,1H3,(H,16,17)/t10?,11-,12?,13-/m1/s1. The molecule has 0 bridgehead atoms. The molecule has 2 rings (SSSR count). The summed E-state index contributed by atoms with van der Waals surface area (Å²) >= 11 is 0. The maximum atomic E-state index is 12.2. The van der Waals surface area contributed by atoms with Crippen molar-refractivity contribution in [3.8, 4) is 0 Å². The summed E-state index contributed by atoms with van der Waals surface area (Å²) in [4.78, 5) is 12.2. The second-order valence-electron chi connectivity index (χ2n) is 6.01. The lowest BCUT2D eigenvalue weighted by Gasteiger charge is -2.29. The highest BCUT2D eigenvalue weighted by molar-refractivity contribution is 5.79. The average Bonchev–Trinajstić information content (AvgIpc) is 2.77. The van der Waals surface area contributed by atoms with Crippen molar-refractivity contribution in [2.45, 2.75) is 57.9 Å². The van der Waals surface area contributed by atoms with Crippen molar-refractivity contribution in [1.82, 2.24) is 5.32 Å². The zero-order chi connectivity index (χ0) is 12.3. The Hall–Kier alpha value is -0.570. The number of carbonyl (C=O) groups excluding carboxylic acids is 1. The predicted octanol–water partition coefficient (Wildman–Crippen LogP) is 2.06. The van der Waals surface area contributed by atoms with Crippen LogP contribution in [-0.4, -0.2) is 18.5 Å². The summed E-state index contributed by atoms with van der Waals surface area (Å²) in [6.07, 6.45) is 8.24. The zero-order valence-corrected chi connectivity index (χ0v) is 11.0. The number of hydrogen-bond donors (Lipinski definition) is 2. The Morgan fingerprint density at radius 3 is 2.71 bits per heavy atom. The van der Waals surface area contributed by atoms with E-state index < -0.39 is 0 Å². The van der Waals surface area contributed by atoms with Crippen molar-refractivity contribution < 1.29 is 4.79 Å². The van der Waals surface area contributed by atoms with Crippen LogP contribution in [0.25, 0.3) is 0 Å². The minimum absolute atomic E-state index is 0.192. The molecule has 2 saturated carbocycles. The molecular weight excluding hydrogens is 212 g/mol. The molecule has 0 aliphatic heterocycles. The van der Waals surface area contributed by atoms with Gasteiger partial charge in [0.1, 0.15) is 0 Å². The van der Waals surface area contributed by atoms with Crippen LogP contribution in [0.2, 0.25) is 0 Å². The van der Waals surface area contributed by atoms with Gasteiger partial charge in [-0.05, 0) is 44.1 Å². The van der Waals surface area contributed by atoms with Crippen molar-refractivity contribution >= 4 is 5.91 Å². The monoisotopic (exact) mass is 238 g/mol. The highest BCUT2D eigenvalue weighted by Crippen LogP contribution is 2.32. The van der Waals surface area contributed by atoms with Gasteiger partial charge < -0.3 is 11.1 Å². The molecule has 2 fully saturated rings. The van der Waals surface area contributed by atoms with Crippen LogP contribution in [0.5, 0.6) is 0 Å². The summed E-state index contributed by atoms with van der Waals surface area (Å²) in [5, 5.41) is 3.26. The Labute approximate surface area is 105 Å². The fraction of sp³-hybridized carbons (Fsp3) is 0.929. The Bertz CT molecular complexity index is 267. The molecular formula is C14H26N2O. The molecule has 2 unspecified atom stereocenters. The molecule has 2 aliphatic rings. The third-order valence-corrected chi connectivity index (χ3v) is 4.58. The van der Waals surface area contributed by atoms with Crippen LogP contribution in [0, 0.1) is 17.8 Å². The van der Waals surface area contributed by atoms with Crippen molar-refractivity contribution in [3.05, 3.63) is 0 Å². The summed E-state index contributed by atoms with van der Waals surface area (Å²) in [5.41, 5.74) is 5.74. The summed E-state index contributed by atoms with van der Waals surface area (Å²) in [6.45, 7) is 2.95. The lowest BCUT2D eigenvalue weighted by Crippen LogP contribution is -2.43. The molecule has 0 radical (unpaired) electrons. The second kappa shape index (κ2) is 5.85. The summed E-state index contributed by atoms with van der Waals surface area (Å²) in [5.74, 6) is 1.66. The molecule has 0 saturated heterocycles. The lowest BCUT2D eigenvalue weighted by molar-refractivity contribution is -0.127. The molecule has 17 heavy (non-hydrogen) atoms. The van der Waals surface area contributed by atoms with Gasteiger partial charge in [0.05, 0.1) is 0 Å². The molecule has 3 nitrogen and oxygen atoms in total. The molecule has 3 N–H and O–H groups in total. The van der Waals surface area contributed by atoms with Crippen LogP contribution >= 0.6 is 0 Å². The van der Waals surface area contributed by atoms with Crippen LogP contribution in [-0.2, 0) is 4.79 Å². The largest absolute Gasteiger partial charge is 0.353 e. The molecule has 0 heterocycles. The van der Waals surface area contributed by atoms with Crippen LogP contribution in [0.4, 0.5) is 0 Å². The Balaban J connectivity index is 1.83. The van der Waals surface area contributed by atoms with Crippen LogP contribution in [0.1, 0.15) is 51.9 Å². The topological polar surface area (TPSA) is 55.1 Å². The Morgan fingerprint density at radius 1 is 1.24 bits per heavy atom. The highest BCUT2D eigenvalue weighted by Gasteiger charge is 2.33. The Morgan fingerprint density at radius 2 is 2.00 bits per heavy atom. The van der Waals surface area contributed by atoms with Crippen molar-refractivity contribution in [2.24, 2.45) is 23.5 Å². The molecule has 3 heteroatoms. The normalized spacial score (nSPS) is 38.0. The fourth-order valence-electron chi connectivity index (χ4n) is 3.54. The van der Waals surface area contributed by atoms with Crippen LogP contribution in [0.15, 0.2) is 0 Å². The van der Waals surface area contributed by atoms with E-state index in [4.69, 9.17) is 5.73 Å². The SMILES string of the molecule is CC1CCCC(NC(=O)[C@@H]2CCC[C@@H]2CN)C1. The molecule has 1 amide bonds. The van der Waals surface area contributed by atoms with Gasteiger partial charge in [0, 0.05) is 12.0 Å². The first-order valence-electron chi connectivity index (χ1n) is 7.21. The first-order chi connectivity index (χ1) is 8.20. The molecule has 0 spiro atoms. The van der Waals surface area contributed by atoms with E-state index in [0.717, 1.165) is 31.6 Å². The van der Waals surface area contributed by atoms with E-state index in [1.165, 1.54) is 19.3 Å².